The topological polar surface area (TPSA) is 20.3 Å². The number of carbonyl (C=O) groups is 1. The molecule has 0 spiro atoms. The van der Waals surface area contributed by atoms with Crippen molar-refractivity contribution in [1.82, 2.24) is 4.90 Å². The molecule has 1 aromatic rings. The fourth-order valence-electron chi connectivity index (χ4n) is 1.81. The molecule has 0 amide bonds. The SMILES string of the molecule is CCC(=O)CCCN(C)Cc1ccc(C)cc1. The number of benzene rings is 1. The number of aryl methyl sites for hydroxylation is 1. The monoisotopic (exact) mass is 233 g/mol. The van der Waals surface area contributed by atoms with Gasteiger partial charge in [-0.3, -0.25) is 4.79 Å². The van der Waals surface area contributed by atoms with E-state index in [-0.39, 0.29) is 0 Å². The number of carbonyl (C=O) groups excluding carboxylic acids is 1. The third-order valence-corrected chi connectivity index (χ3v) is 2.96. The number of hydrogen-bond acceptors (Lipinski definition) is 2. The van der Waals surface area contributed by atoms with Crippen molar-refractivity contribution in [3.8, 4) is 0 Å². The van der Waals surface area contributed by atoms with Gasteiger partial charge in [0.05, 0.1) is 0 Å². The van der Waals surface area contributed by atoms with Crippen LogP contribution in [0.2, 0.25) is 0 Å². The van der Waals surface area contributed by atoms with E-state index in [2.05, 4.69) is 43.1 Å². The second-order valence-corrected chi connectivity index (χ2v) is 4.72. The summed E-state index contributed by atoms with van der Waals surface area (Å²) in [7, 11) is 2.11. The zero-order chi connectivity index (χ0) is 12.7. The molecule has 0 aliphatic rings. The Kier molecular flexibility index (Phi) is 5.92. The summed E-state index contributed by atoms with van der Waals surface area (Å²) < 4.78 is 0. The van der Waals surface area contributed by atoms with E-state index in [0.29, 0.717) is 12.2 Å². The lowest BCUT2D eigenvalue weighted by Crippen LogP contribution is -2.19. The summed E-state index contributed by atoms with van der Waals surface area (Å²) in [6.07, 6.45) is 2.35. The van der Waals surface area contributed by atoms with Crippen molar-refractivity contribution >= 4 is 5.78 Å². The molecule has 2 heteroatoms. The Morgan fingerprint density at radius 1 is 1.24 bits per heavy atom. The number of ketones is 1. The maximum absolute atomic E-state index is 11.2. The molecule has 0 heterocycles. The highest BCUT2D eigenvalue weighted by Crippen LogP contribution is 2.06. The Morgan fingerprint density at radius 2 is 1.88 bits per heavy atom. The Bertz CT molecular complexity index is 342. The van der Waals surface area contributed by atoms with E-state index in [0.717, 1.165) is 25.9 Å². The van der Waals surface area contributed by atoms with E-state index in [9.17, 15) is 4.79 Å². The third kappa shape index (κ3) is 5.64. The van der Waals surface area contributed by atoms with Gasteiger partial charge in [0, 0.05) is 19.4 Å². The van der Waals surface area contributed by atoms with Crippen LogP contribution in [0.4, 0.5) is 0 Å². The predicted octanol–water partition coefficient (Wildman–Crippen LogP) is 3.19. The van der Waals surface area contributed by atoms with Gasteiger partial charge in [-0.1, -0.05) is 36.8 Å². The van der Waals surface area contributed by atoms with Gasteiger partial charge >= 0.3 is 0 Å². The standard InChI is InChI=1S/C15H23NO/c1-4-15(17)6-5-11-16(3)12-14-9-7-13(2)8-10-14/h7-10H,4-6,11-12H2,1-3H3. The molecule has 0 aromatic heterocycles. The molecule has 1 aromatic carbocycles. The van der Waals surface area contributed by atoms with Crippen molar-refractivity contribution < 1.29 is 4.79 Å². The minimum Gasteiger partial charge on any atom is -0.302 e. The van der Waals surface area contributed by atoms with Crippen LogP contribution in [-0.4, -0.2) is 24.3 Å². The summed E-state index contributed by atoms with van der Waals surface area (Å²) in [5.74, 6) is 0.369. The first-order valence-corrected chi connectivity index (χ1v) is 6.37. The van der Waals surface area contributed by atoms with Gasteiger partial charge in [0.2, 0.25) is 0 Å². The molecule has 0 unspecified atom stereocenters. The van der Waals surface area contributed by atoms with E-state index in [1.807, 2.05) is 6.92 Å². The van der Waals surface area contributed by atoms with Crippen LogP contribution in [0.5, 0.6) is 0 Å². The second-order valence-electron chi connectivity index (χ2n) is 4.72. The average molecular weight is 233 g/mol. The largest absolute Gasteiger partial charge is 0.302 e. The molecule has 0 radical (unpaired) electrons. The van der Waals surface area contributed by atoms with Crippen molar-refractivity contribution in [2.45, 2.75) is 39.7 Å². The first kappa shape index (κ1) is 13.9. The molecule has 17 heavy (non-hydrogen) atoms. The summed E-state index contributed by atoms with van der Waals surface area (Å²) in [6, 6.07) is 8.62. The van der Waals surface area contributed by atoms with Crippen molar-refractivity contribution in [3.63, 3.8) is 0 Å². The highest BCUT2D eigenvalue weighted by atomic mass is 16.1. The molecule has 0 fully saturated rings. The van der Waals surface area contributed by atoms with Gasteiger partial charge in [0.15, 0.2) is 0 Å². The fraction of sp³-hybridized carbons (Fsp3) is 0.533. The molecule has 0 atom stereocenters. The van der Waals surface area contributed by atoms with Crippen LogP contribution in [0, 0.1) is 6.92 Å². The first-order valence-electron chi connectivity index (χ1n) is 6.37. The maximum Gasteiger partial charge on any atom is 0.132 e. The summed E-state index contributed by atoms with van der Waals surface area (Å²) in [5, 5.41) is 0. The number of hydrogen-bond donors (Lipinski definition) is 0. The van der Waals surface area contributed by atoms with Crippen LogP contribution >= 0.6 is 0 Å². The Labute approximate surface area is 105 Å². The van der Waals surface area contributed by atoms with E-state index < -0.39 is 0 Å². The number of rotatable bonds is 7. The highest BCUT2D eigenvalue weighted by molar-refractivity contribution is 5.77. The van der Waals surface area contributed by atoms with Gasteiger partial charge in [0.25, 0.3) is 0 Å². The van der Waals surface area contributed by atoms with Crippen molar-refractivity contribution in [1.29, 1.82) is 0 Å². The van der Waals surface area contributed by atoms with Crippen LogP contribution in [0.25, 0.3) is 0 Å². The summed E-state index contributed by atoms with van der Waals surface area (Å²) in [5.41, 5.74) is 2.63. The van der Waals surface area contributed by atoms with Crippen molar-refractivity contribution in [2.24, 2.45) is 0 Å². The molecule has 0 saturated heterocycles. The van der Waals surface area contributed by atoms with E-state index in [1.54, 1.807) is 0 Å². The van der Waals surface area contributed by atoms with Gasteiger partial charge in [-0.2, -0.15) is 0 Å². The predicted molar refractivity (Wildman–Crippen MR) is 72.0 cm³/mol. The lowest BCUT2D eigenvalue weighted by atomic mass is 10.1. The van der Waals surface area contributed by atoms with Crippen LogP contribution < -0.4 is 0 Å². The van der Waals surface area contributed by atoms with Crippen LogP contribution in [0.3, 0.4) is 0 Å². The van der Waals surface area contributed by atoms with Crippen LogP contribution in [-0.2, 0) is 11.3 Å². The zero-order valence-corrected chi connectivity index (χ0v) is 11.2. The van der Waals surface area contributed by atoms with Gasteiger partial charge < -0.3 is 4.90 Å². The number of Topliss-reactive ketones (excluding diaryl/α,β-unsaturated/α-hetero) is 1. The van der Waals surface area contributed by atoms with Gasteiger partial charge in [-0.15, -0.1) is 0 Å². The molecule has 0 aliphatic carbocycles. The highest BCUT2D eigenvalue weighted by Gasteiger charge is 2.02. The van der Waals surface area contributed by atoms with Gasteiger partial charge in [-0.25, -0.2) is 0 Å². The van der Waals surface area contributed by atoms with Crippen molar-refractivity contribution in [2.75, 3.05) is 13.6 Å². The zero-order valence-electron chi connectivity index (χ0n) is 11.2. The average Bonchev–Trinajstić information content (AvgIpc) is 2.32. The minimum atomic E-state index is 0.369. The smallest absolute Gasteiger partial charge is 0.132 e. The minimum absolute atomic E-state index is 0.369. The lowest BCUT2D eigenvalue weighted by Gasteiger charge is -2.16. The molecule has 1 rings (SSSR count). The van der Waals surface area contributed by atoms with E-state index >= 15 is 0 Å². The maximum atomic E-state index is 11.2. The Morgan fingerprint density at radius 3 is 2.47 bits per heavy atom. The molecular weight excluding hydrogens is 210 g/mol. The summed E-state index contributed by atoms with van der Waals surface area (Å²) in [4.78, 5) is 13.4. The van der Waals surface area contributed by atoms with E-state index in [4.69, 9.17) is 0 Å². The summed E-state index contributed by atoms with van der Waals surface area (Å²) in [6.45, 7) is 5.97. The van der Waals surface area contributed by atoms with Gasteiger partial charge in [0.1, 0.15) is 5.78 Å². The summed E-state index contributed by atoms with van der Waals surface area (Å²) >= 11 is 0. The van der Waals surface area contributed by atoms with Gasteiger partial charge in [-0.05, 0) is 32.5 Å². The van der Waals surface area contributed by atoms with Crippen LogP contribution in [0.15, 0.2) is 24.3 Å². The Hall–Kier alpha value is -1.15. The molecule has 0 aliphatic heterocycles. The Balaban J connectivity index is 2.27. The van der Waals surface area contributed by atoms with Crippen molar-refractivity contribution in [3.05, 3.63) is 35.4 Å². The molecule has 0 N–H and O–H groups in total. The molecule has 0 bridgehead atoms. The fourth-order valence-corrected chi connectivity index (χ4v) is 1.81. The molecule has 0 saturated carbocycles. The number of nitrogens with zero attached hydrogens (tertiary/aromatic N) is 1. The normalized spacial score (nSPS) is 10.8. The second kappa shape index (κ2) is 7.23. The quantitative estimate of drug-likeness (QED) is 0.721. The molecule has 2 nitrogen and oxygen atoms in total. The van der Waals surface area contributed by atoms with Crippen LogP contribution in [0.1, 0.15) is 37.3 Å². The molecule has 94 valence electrons. The lowest BCUT2D eigenvalue weighted by molar-refractivity contribution is -0.118. The third-order valence-electron chi connectivity index (χ3n) is 2.96. The molecular formula is C15H23NO. The first-order chi connectivity index (χ1) is 8.11. The van der Waals surface area contributed by atoms with E-state index in [1.165, 1.54) is 11.1 Å².